The molecule has 0 spiro atoms. The van der Waals surface area contributed by atoms with Crippen LogP contribution in [0.3, 0.4) is 0 Å². The Morgan fingerprint density at radius 2 is 2.11 bits per heavy atom. The second kappa shape index (κ2) is 9.10. The molecule has 0 bridgehead atoms. The maximum atomic E-state index is 12.7. The summed E-state index contributed by atoms with van der Waals surface area (Å²) >= 11 is 1.49. The van der Waals surface area contributed by atoms with Crippen LogP contribution in [0.2, 0.25) is 0 Å². The summed E-state index contributed by atoms with van der Waals surface area (Å²) in [6.07, 6.45) is 4.02. The Morgan fingerprint density at radius 3 is 2.86 bits per heavy atom. The van der Waals surface area contributed by atoms with Crippen molar-refractivity contribution in [1.29, 1.82) is 0 Å². The Labute approximate surface area is 209 Å². The standard InChI is InChI=1S/C26H29N5O3S/c1-26(2,3)34-25(33)30-9-7-18(13-30)31-8-5-6-16-10-17(27-4)11-20(23(16)31)22-24-21(28-15-29-22)12-19(14-32)35-24/h10-12,15,18,32H,5-9,13-14H2,1-3H3/t18-/m0/s1. The third kappa shape index (κ3) is 4.56. The van der Waals surface area contributed by atoms with E-state index in [9.17, 15) is 9.90 Å². The number of hydrogen-bond acceptors (Lipinski definition) is 7. The first-order valence-corrected chi connectivity index (χ1v) is 12.7. The second-order valence-electron chi connectivity index (χ2n) is 10.1. The highest BCUT2D eigenvalue weighted by Gasteiger charge is 2.36. The number of hydrogen-bond donors (Lipinski definition) is 1. The number of aliphatic hydroxyl groups excluding tert-OH is 1. The van der Waals surface area contributed by atoms with Gasteiger partial charge in [-0.3, -0.25) is 0 Å². The molecule has 2 aliphatic heterocycles. The minimum Gasteiger partial charge on any atom is -0.444 e. The molecule has 3 aromatic rings. The molecule has 2 aliphatic rings. The Hall–Kier alpha value is -3.22. The van der Waals surface area contributed by atoms with Gasteiger partial charge in [-0.1, -0.05) is 6.07 Å². The second-order valence-corrected chi connectivity index (χ2v) is 11.2. The molecule has 35 heavy (non-hydrogen) atoms. The van der Waals surface area contributed by atoms with Crippen LogP contribution in [-0.4, -0.2) is 57.3 Å². The number of thiophene rings is 1. The fourth-order valence-electron chi connectivity index (χ4n) is 5.03. The number of carbonyl (C=O) groups excluding carboxylic acids is 1. The fraction of sp³-hybridized carbons (Fsp3) is 0.462. The van der Waals surface area contributed by atoms with Gasteiger partial charge in [-0.25, -0.2) is 19.6 Å². The first-order valence-electron chi connectivity index (χ1n) is 11.9. The number of anilines is 1. The van der Waals surface area contributed by atoms with E-state index < -0.39 is 5.60 Å². The molecule has 182 valence electrons. The number of aryl methyl sites for hydroxylation is 1. The Bertz CT molecular complexity index is 1320. The zero-order chi connectivity index (χ0) is 24.7. The van der Waals surface area contributed by atoms with Gasteiger partial charge in [-0.05, 0) is 57.7 Å². The lowest BCUT2D eigenvalue weighted by Crippen LogP contribution is -2.43. The summed E-state index contributed by atoms with van der Waals surface area (Å²) in [4.78, 5) is 30.5. The topological polar surface area (TPSA) is 83.2 Å². The number of aliphatic hydroxyl groups is 1. The van der Waals surface area contributed by atoms with E-state index in [0.717, 1.165) is 63.4 Å². The van der Waals surface area contributed by atoms with Gasteiger partial charge in [0, 0.05) is 41.8 Å². The van der Waals surface area contributed by atoms with Gasteiger partial charge in [-0.2, -0.15) is 0 Å². The number of ether oxygens (including phenoxy) is 1. The molecule has 1 amide bonds. The molecule has 1 atom stereocenters. The molecule has 0 radical (unpaired) electrons. The third-order valence-corrected chi connectivity index (χ3v) is 7.58. The number of amides is 1. The van der Waals surface area contributed by atoms with Gasteiger partial charge in [-0.15, -0.1) is 11.3 Å². The summed E-state index contributed by atoms with van der Waals surface area (Å²) < 4.78 is 6.52. The van der Waals surface area contributed by atoms with Crippen LogP contribution in [0.15, 0.2) is 24.5 Å². The van der Waals surface area contributed by atoms with Gasteiger partial charge in [0.25, 0.3) is 0 Å². The molecule has 9 heteroatoms. The van der Waals surface area contributed by atoms with Crippen molar-refractivity contribution in [3.63, 3.8) is 0 Å². The lowest BCUT2D eigenvalue weighted by molar-refractivity contribution is 0.0292. The van der Waals surface area contributed by atoms with Crippen LogP contribution in [0.5, 0.6) is 0 Å². The lowest BCUT2D eigenvalue weighted by atomic mass is 9.93. The fourth-order valence-corrected chi connectivity index (χ4v) is 6.00. The van der Waals surface area contributed by atoms with Crippen molar-refractivity contribution in [3.8, 4) is 11.3 Å². The maximum Gasteiger partial charge on any atom is 0.410 e. The van der Waals surface area contributed by atoms with E-state index >= 15 is 0 Å². The third-order valence-electron chi connectivity index (χ3n) is 6.46. The number of aromatic nitrogens is 2. The average Bonchev–Trinajstić information content (AvgIpc) is 3.49. The molecule has 1 saturated heterocycles. The highest BCUT2D eigenvalue weighted by Crippen LogP contribution is 2.44. The number of carbonyl (C=O) groups is 1. The molecule has 0 aliphatic carbocycles. The van der Waals surface area contributed by atoms with Crippen molar-refractivity contribution in [2.24, 2.45) is 0 Å². The summed E-state index contributed by atoms with van der Waals surface area (Å²) in [6, 6.07) is 5.96. The quantitative estimate of drug-likeness (QED) is 0.510. The molecule has 5 rings (SSSR count). The summed E-state index contributed by atoms with van der Waals surface area (Å²) in [5.41, 5.74) is 4.80. The predicted octanol–water partition coefficient (Wildman–Crippen LogP) is 5.16. The van der Waals surface area contributed by atoms with E-state index in [4.69, 9.17) is 11.3 Å². The summed E-state index contributed by atoms with van der Waals surface area (Å²) in [6.45, 7) is 15.4. The summed E-state index contributed by atoms with van der Waals surface area (Å²) in [5.74, 6) is 0. The zero-order valence-electron chi connectivity index (χ0n) is 20.2. The van der Waals surface area contributed by atoms with Crippen LogP contribution in [0.4, 0.5) is 16.2 Å². The van der Waals surface area contributed by atoms with Gasteiger partial charge in [0.1, 0.15) is 11.9 Å². The van der Waals surface area contributed by atoms with Crippen molar-refractivity contribution >= 4 is 39.0 Å². The molecular formula is C26H29N5O3S. The highest BCUT2D eigenvalue weighted by atomic mass is 32.1. The van der Waals surface area contributed by atoms with Crippen LogP contribution >= 0.6 is 11.3 Å². The number of benzene rings is 1. The van der Waals surface area contributed by atoms with Crippen LogP contribution < -0.4 is 4.90 Å². The van der Waals surface area contributed by atoms with E-state index in [1.54, 1.807) is 11.2 Å². The van der Waals surface area contributed by atoms with Crippen LogP contribution in [0.25, 0.3) is 26.3 Å². The predicted molar refractivity (Wildman–Crippen MR) is 137 cm³/mol. The van der Waals surface area contributed by atoms with E-state index in [-0.39, 0.29) is 18.7 Å². The molecule has 1 fully saturated rings. The molecule has 2 aromatic heterocycles. The van der Waals surface area contributed by atoms with Gasteiger partial charge >= 0.3 is 6.09 Å². The van der Waals surface area contributed by atoms with E-state index in [1.807, 2.05) is 39.0 Å². The van der Waals surface area contributed by atoms with Crippen molar-refractivity contribution in [2.45, 2.75) is 58.3 Å². The molecule has 1 aromatic carbocycles. The van der Waals surface area contributed by atoms with Gasteiger partial charge < -0.3 is 19.6 Å². The summed E-state index contributed by atoms with van der Waals surface area (Å²) in [5, 5.41) is 9.67. The maximum absolute atomic E-state index is 12.7. The van der Waals surface area contributed by atoms with Crippen LogP contribution in [0.1, 0.15) is 44.1 Å². The average molecular weight is 492 g/mol. The molecular weight excluding hydrogens is 462 g/mol. The molecule has 4 heterocycles. The van der Waals surface area contributed by atoms with E-state index in [1.165, 1.54) is 11.3 Å². The first kappa shape index (κ1) is 23.5. The van der Waals surface area contributed by atoms with E-state index in [0.29, 0.717) is 18.8 Å². The van der Waals surface area contributed by atoms with Crippen LogP contribution in [0, 0.1) is 6.57 Å². The van der Waals surface area contributed by atoms with Crippen molar-refractivity contribution in [2.75, 3.05) is 24.5 Å². The van der Waals surface area contributed by atoms with Crippen molar-refractivity contribution in [3.05, 3.63) is 46.4 Å². The first-order chi connectivity index (χ1) is 16.8. The zero-order valence-corrected chi connectivity index (χ0v) is 21.1. The summed E-state index contributed by atoms with van der Waals surface area (Å²) in [7, 11) is 0. The molecule has 0 unspecified atom stereocenters. The smallest absolute Gasteiger partial charge is 0.410 e. The minimum atomic E-state index is -0.525. The molecule has 1 N–H and O–H groups in total. The Morgan fingerprint density at radius 1 is 1.29 bits per heavy atom. The largest absolute Gasteiger partial charge is 0.444 e. The number of nitrogens with zero attached hydrogens (tertiary/aromatic N) is 5. The number of fused-ring (bicyclic) bond motifs is 2. The minimum absolute atomic E-state index is 0.0463. The Balaban J connectivity index is 1.56. The van der Waals surface area contributed by atoms with Crippen molar-refractivity contribution in [1.82, 2.24) is 14.9 Å². The number of likely N-dealkylation sites (tertiary alicyclic amines) is 1. The molecule has 0 saturated carbocycles. The number of rotatable bonds is 3. The van der Waals surface area contributed by atoms with Gasteiger partial charge in [0.05, 0.1) is 29.1 Å². The highest BCUT2D eigenvalue weighted by molar-refractivity contribution is 7.19. The normalized spacial score (nSPS) is 18.0. The lowest BCUT2D eigenvalue weighted by Gasteiger charge is -2.38. The SMILES string of the molecule is [C-]#[N+]c1cc2c(c(-c3ncnc4cc(CO)sc34)c1)N([C@H]1CCN(C(=O)OC(C)(C)C)C1)CCC2. The molecule has 8 nitrogen and oxygen atoms in total. The van der Waals surface area contributed by atoms with Crippen molar-refractivity contribution < 1.29 is 14.6 Å². The monoisotopic (exact) mass is 491 g/mol. The van der Waals surface area contributed by atoms with Gasteiger partial charge in [0.2, 0.25) is 0 Å². The van der Waals surface area contributed by atoms with Crippen LogP contribution in [-0.2, 0) is 17.8 Å². The Kier molecular flexibility index (Phi) is 6.11. The van der Waals surface area contributed by atoms with E-state index in [2.05, 4.69) is 19.7 Å². The van der Waals surface area contributed by atoms with Gasteiger partial charge in [0.15, 0.2) is 5.69 Å².